The second kappa shape index (κ2) is 6.57. The smallest absolute Gasteiger partial charge is 0.338 e. The van der Waals surface area contributed by atoms with E-state index in [2.05, 4.69) is 5.32 Å². The van der Waals surface area contributed by atoms with Gasteiger partial charge in [-0.15, -0.1) is 0 Å². The Kier molecular flexibility index (Phi) is 4.56. The van der Waals surface area contributed by atoms with Crippen LogP contribution in [0, 0.1) is 0 Å². The molecule has 0 fully saturated rings. The third-order valence-electron chi connectivity index (χ3n) is 3.00. The SMILES string of the molecule is CCC(Nc1ccccc1)=C(C(=O)O)c1ccccc1. The number of carbonyl (C=O) groups is 1. The first-order valence-corrected chi connectivity index (χ1v) is 6.56. The molecule has 102 valence electrons. The number of hydrogen-bond donors (Lipinski definition) is 2. The number of carboxylic acids is 1. The van der Waals surface area contributed by atoms with Crippen LogP contribution in [0.15, 0.2) is 66.4 Å². The molecule has 0 saturated heterocycles. The van der Waals surface area contributed by atoms with E-state index < -0.39 is 5.97 Å². The molecule has 0 aliphatic carbocycles. The number of nitrogens with one attached hydrogen (secondary N) is 1. The van der Waals surface area contributed by atoms with Gasteiger partial charge in [0.05, 0.1) is 5.57 Å². The summed E-state index contributed by atoms with van der Waals surface area (Å²) in [6.45, 7) is 1.94. The molecule has 0 heterocycles. The van der Waals surface area contributed by atoms with Gasteiger partial charge in [0, 0.05) is 11.4 Å². The van der Waals surface area contributed by atoms with Crippen molar-refractivity contribution in [3.05, 3.63) is 71.9 Å². The van der Waals surface area contributed by atoms with Crippen molar-refractivity contribution < 1.29 is 9.90 Å². The fourth-order valence-corrected chi connectivity index (χ4v) is 2.05. The van der Waals surface area contributed by atoms with Crippen LogP contribution in [0.1, 0.15) is 18.9 Å². The molecular formula is C17H17NO2. The van der Waals surface area contributed by atoms with Gasteiger partial charge in [-0.05, 0) is 24.1 Å². The van der Waals surface area contributed by atoms with Crippen molar-refractivity contribution in [2.45, 2.75) is 13.3 Å². The van der Waals surface area contributed by atoms with Crippen molar-refractivity contribution in [3.8, 4) is 0 Å². The predicted molar refractivity (Wildman–Crippen MR) is 81.4 cm³/mol. The molecule has 0 unspecified atom stereocenters. The molecule has 0 spiro atoms. The summed E-state index contributed by atoms with van der Waals surface area (Å²) in [4.78, 5) is 11.6. The van der Waals surface area contributed by atoms with Gasteiger partial charge in [0.2, 0.25) is 0 Å². The van der Waals surface area contributed by atoms with Crippen LogP contribution in [-0.4, -0.2) is 11.1 Å². The van der Waals surface area contributed by atoms with E-state index >= 15 is 0 Å². The average Bonchev–Trinajstić information content (AvgIpc) is 2.48. The van der Waals surface area contributed by atoms with E-state index in [0.717, 1.165) is 5.69 Å². The molecule has 0 radical (unpaired) electrons. The number of allylic oxidation sites excluding steroid dienone is 1. The molecule has 0 saturated carbocycles. The Morgan fingerprint density at radius 3 is 2.05 bits per heavy atom. The number of rotatable bonds is 5. The number of hydrogen-bond acceptors (Lipinski definition) is 2. The third-order valence-corrected chi connectivity index (χ3v) is 3.00. The van der Waals surface area contributed by atoms with Gasteiger partial charge in [0.1, 0.15) is 0 Å². The molecule has 2 rings (SSSR count). The highest BCUT2D eigenvalue weighted by Gasteiger charge is 2.15. The summed E-state index contributed by atoms with van der Waals surface area (Å²) in [5, 5.41) is 12.7. The minimum atomic E-state index is -0.920. The Balaban J connectivity index is 2.44. The van der Waals surface area contributed by atoms with Gasteiger partial charge in [-0.1, -0.05) is 55.5 Å². The molecule has 2 N–H and O–H groups in total. The molecule has 2 aromatic carbocycles. The molecule has 0 aliphatic heterocycles. The fourth-order valence-electron chi connectivity index (χ4n) is 2.05. The zero-order valence-electron chi connectivity index (χ0n) is 11.3. The number of para-hydroxylation sites is 1. The summed E-state index contributed by atoms with van der Waals surface area (Å²) in [6.07, 6.45) is 0.616. The van der Waals surface area contributed by atoms with Crippen molar-refractivity contribution in [1.82, 2.24) is 0 Å². The van der Waals surface area contributed by atoms with Gasteiger partial charge in [-0.3, -0.25) is 0 Å². The molecule has 0 atom stereocenters. The van der Waals surface area contributed by atoms with Gasteiger partial charge in [-0.25, -0.2) is 4.79 Å². The van der Waals surface area contributed by atoms with Gasteiger partial charge >= 0.3 is 5.97 Å². The standard InChI is InChI=1S/C17H17NO2/c1-2-15(18-14-11-7-4-8-12-14)16(17(19)20)13-9-5-3-6-10-13/h3-12,18H,2H2,1H3,(H,19,20). The van der Waals surface area contributed by atoms with Gasteiger partial charge < -0.3 is 10.4 Å². The molecule has 20 heavy (non-hydrogen) atoms. The molecule has 2 aromatic rings. The highest BCUT2D eigenvalue weighted by molar-refractivity contribution is 6.16. The van der Waals surface area contributed by atoms with Crippen molar-refractivity contribution in [3.63, 3.8) is 0 Å². The van der Waals surface area contributed by atoms with E-state index in [9.17, 15) is 9.90 Å². The maximum absolute atomic E-state index is 11.6. The fraction of sp³-hybridized carbons (Fsp3) is 0.118. The lowest BCUT2D eigenvalue weighted by molar-refractivity contribution is -0.130. The first kappa shape index (κ1) is 13.9. The van der Waals surface area contributed by atoms with Crippen LogP contribution in [0.5, 0.6) is 0 Å². The van der Waals surface area contributed by atoms with Crippen LogP contribution in [0.25, 0.3) is 5.57 Å². The summed E-state index contributed by atoms with van der Waals surface area (Å²) >= 11 is 0. The van der Waals surface area contributed by atoms with Crippen molar-refractivity contribution in [2.24, 2.45) is 0 Å². The molecule has 0 amide bonds. The first-order valence-electron chi connectivity index (χ1n) is 6.56. The monoisotopic (exact) mass is 267 g/mol. The molecule has 0 bridgehead atoms. The van der Waals surface area contributed by atoms with Gasteiger partial charge in [0.25, 0.3) is 0 Å². The zero-order valence-corrected chi connectivity index (χ0v) is 11.3. The Morgan fingerprint density at radius 2 is 1.55 bits per heavy atom. The lowest BCUT2D eigenvalue weighted by Crippen LogP contribution is -2.09. The first-order chi connectivity index (χ1) is 9.72. The molecule has 0 aromatic heterocycles. The van der Waals surface area contributed by atoms with Gasteiger partial charge in [0.15, 0.2) is 0 Å². The van der Waals surface area contributed by atoms with E-state index in [1.54, 1.807) is 0 Å². The van der Waals surface area contributed by atoms with E-state index in [-0.39, 0.29) is 0 Å². The number of anilines is 1. The third kappa shape index (κ3) is 3.26. The van der Waals surface area contributed by atoms with Crippen LogP contribution >= 0.6 is 0 Å². The Labute approximate surface area is 118 Å². The quantitative estimate of drug-likeness (QED) is 0.805. The van der Waals surface area contributed by atoms with Crippen LogP contribution in [0.2, 0.25) is 0 Å². The highest BCUT2D eigenvalue weighted by Crippen LogP contribution is 2.23. The van der Waals surface area contributed by atoms with Crippen LogP contribution in [-0.2, 0) is 4.79 Å². The molecule has 3 heteroatoms. The largest absolute Gasteiger partial charge is 0.478 e. The second-order valence-corrected chi connectivity index (χ2v) is 4.37. The number of aliphatic carboxylic acids is 1. The van der Waals surface area contributed by atoms with E-state index in [1.807, 2.05) is 67.6 Å². The normalized spacial score (nSPS) is 11.7. The summed E-state index contributed by atoms with van der Waals surface area (Å²) in [6, 6.07) is 18.8. The minimum Gasteiger partial charge on any atom is -0.478 e. The minimum absolute atomic E-state index is 0.317. The van der Waals surface area contributed by atoms with Crippen LogP contribution in [0.4, 0.5) is 5.69 Å². The van der Waals surface area contributed by atoms with Crippen molar-refractivity contribution in [1.29, 1.82) is 0 Å². The maximum Gasteiger partial charge on any atom is 0.338 e. The summed E-state index contributed by atoms with van der Waals surface area (Å²) in [5.74, 6) is -0.920. The summed E-state index contributed by atoms with van der Waals surface area (Å²) in [7, 11) is 0. The highest BCUT2D eigenvalue weighted by atomic mass is 16.4. The Hall–Kier alpha value is -2.55. The second-order valence-electron chi connectivity index (χ2n) is 4.37. The summed E-state index contributed by atoms with van der Waals surface area (Å²) < 4.78 is 0. The molecular weight excluding hydrogens is 250 g/mol. The zero-order chi connectivity index (χ0) is 14.4. The van der Waals surface area contributed by atoms with E-state index in [0.29, 0.717) is 23.3 Å². The van der Waals surface area contributed by atoms with Crippen molar-refractivity contribution in [2.75, 3.05) is 5.32 Å². The van der Waals surface area contributed by atoms with E-state index in [4.69, 9.17) is 0 Å². The van der Waals surface area contributed by atoms with Crippen molar-refractivity contribution >= 4 is 17.2 Å². The van der Waals surface area contributed by atoms with Crippen LogP contribution < -0.4 is 5.32 Å². The number of carboxylic acid groups (broad SMARTS) is 1. The Morgan fingerprint density at radius 1 is 1.00 bits per heavy atom. The Bertz CT molecular complexity index is 603. The maximum atomic E-state index is 11.6. The lowest BCUT2D eigenvalue weighted by atomic mass is 10.0. The topological polar surface area (TPSA) is 49.3 Å². The predicted octanol–water partition coefficient (Wildman–Crippen LogP) is 4.00. The van der Waals surface area contributed by atoms with E-state index in [1.165, 1.54) is 0 Å². The number of benzene rings is 2. The molecule has 3 nitrogen and oxygen atoms in total. The lowest BCUT2D eigenvalue weighted by Gasteiger charge is -2.14. The molecule has 0 aliphatic rings. The van der Waals surface area contributed by atoms with Crippen LogP contribution in [0.3, 0.4) is 0 Å². The summed E-state index contributed by atoms with van der Waals surface area (Å²) in [5.41, 5.74) is 2.62. The average molecular weight is 267 g/mol. The van der Waals surface area contributed by atoms with Gasteiger partial charge in [-0.2, -0.15) is 0 Å².